The Morgan fingerprint density at radius 3 is 2.00 bits per heavy atom. The summed E-state index contributed by atoms with van der Waals surface area (Å²) < 4.78 is 6.03. The molecule has 0 atom stereocenters. The molecule has 0 saturated heterocycles. The topological polar surface area (TPSA) is 83.9 Å². The van der Waals surface area contributed by atoms with Crippen LogP contribution in [0.2, 0.25) is 5.02 Å². The minimum atomic E-state index is -0.910. The highest BCUT2D eigenvalue weighted by molar-refractivity contribution is 6.32. The molecule has 1 aliphatic heterocycles. The van der Waals surface area contributed by atoms with Gasteiger partial charge in [-0.2, -0.15) is 0 Å². The minimum absolute atomic E-state index is 0.00146. The number of nitrogens with zero attached hydrogens (tertiary/aromatic N) is 1. The van der Waals surface area contributed by atoms with Crippen LogP contribution in [0.1, 0.15) is 82.4 Å². The van der Waals surface area contributed by atoms with Crippen molar-refractivity contribution in [3.8, 4) is 5.75 Å². The van der Waals surface area contributed by atoms with Crippen LogP contribution in [0.3, 0.4) is 0 Å². The van der Waals surface area contributed by atoms with E-state index in [1.54, 1.807) is 0 Å². The van der Waals surface area contributed by atoms with E-state index in [2.05, 4.69) is 27.7 Å². The summed E-state index contributed by atoms with van der Waals surface area (Å²) >= 11 is 6.76. The van der Waals surface area contributed by atoms with Gasteiger partial charge in [0.05, 0.1) is 11.4 Å². The molecule has 3 aliphatic rings. The molecule has 216 valence electrons. The molecular formula is C34H38ClNO5. The van der Waals surface area contributed by atoms with Crippen LogP contribution < -0.4 is 4.74 Å². The van der Waals surface area contributed by atoms with E-state index in [1.165, 1.54) is 5.56 Å². The van der Waals surface area contributed by atoms with Gasteiger partial charge in [-0.3, -0.25) is 14.4 Å². The first-order valence-electron chi connectivity index (χ1n) is 14.2. The van der Waals surface area contributed by atoms with Crippen molar-refractivity contribution in [1.29, 1.82) is 0 Å². The Labute approximate surface area is 247 Å². The highest BCUT2D eigenvalue weighted by Crippen LogP contribution is 2.54. The fraction of sp³-hybridized carbons (Fsp3) is 0.441. The molecule has 0 saturated carbocycles. The van der Waals surface area contributed by atoms with Crippen molar-refractivity contribution >= 4 is 29.1 Å². The Hall–Kier alpha value is -3.38. The highest BCUT2D eigenvalue weighted by Gasteiger charge is 2.49. The molecule has 0 spiro atoms. The lowest BCUT2D eigenvalue weighted by atomic mass is 9.63. The van der Waals surface area contributed by atoms with Crippen molar-refractivity contribution in [1.82, 2.24) is 4.90 Å². The number of ether oxygens (including phenoxy) is 1. The molecule has 0 bridgehead atoms. The fourth-order valence-corrected chi connectivity index (χ4v) is 6.76. The molecule has 0 radical (unpaired) electrons. The number of rotatable bonds is 7. The highest BCUT2D eigenvalue weighted by atomic mass is 35.5. The van der Waals surface area contributed by atoms with Crippen molar-refractivity contribution in [2.75, 3.05) is 6.54 Å². The Bertz CT molecular complexity index is 1430. The number of Topliss-reactive ketones (excluding diaryl/α,β-unsaturated/α-hetero) is 2. The largest absolute Gasteiger partial charge is 0.487 e. The van der Waals surface area contributed by atoms with Gasteiger partial charge >= 0.3 is 5.97 Å². The van der Waals surface area contributed by atoms with Crippen LogP contribution in [-0.4, -0.2) is 34.1 Å². The lowest BCUT2D eigenvalue weighted by Crippen LogP contribution is -2.45. The molecule has 0 fully saturated rings. The molecule has 2 aliphatic carbocycles. The maximum atomic E-state index is 13.9. The van der Waals surface area contributed by atoms with E-state index in [0.717, 1.165) is 22.5 Å². The van der Waals surface area contributed by atoms with Crippen LogP contribution in [0.15, 0.2) is 65.0 Å². The molecule has 2 aromatic rings. The summed E-state index contributed by atoms with van der Waals surface area (Å²) in [6, 6.07) is 13.6. The number of allylic oxidation sites excluding steroid dienone is 4. The zero-order chi connectivity index (χ0) is 29.7. The number of carboxylic acid groups (broad SMARTS) is 1. The first-order chi connectivity index (χ1) is 19.2. The molecule has 5 rings (SSSR count). The second-order valence-electron chi connectivity index (χ2n) is 13.3. The fourth-order valence-electron chi connectivity index (χ4n) is 6.52. The molecule has 7 heteroatoms. The average Bonchev–Trinajstić information content (AvgIpc) is 2.85. The standard InChI is InChI=1S/C34H38ClNO5/c1-20-6-8-21(9-7-20)19-41-28-11-10-22(14-23(28)35)30-31-24(15-33(2,3)17-26(31)37)36(13-12-29(39)40)25-16-34(4,5)18-27(38)32(25)30/h6-11,14,30H,12-13,15-19H2,1-5H3,(H,39,40). The lowest BCUT2D eigenvalue weighted by molar-refractivity contribution is -0.137. The third-order valence-electron chi connectivity index (χ3n) is 8.38. The smallest absolute Gasteiger partial charge is 0.305 e. The van der Waals surface area contributed by atoms with Gasteiger partial charge in [0.1, 0.15) is 12.4 Å². The van der Waals surface area contributed by atoms with Gasteiger partial charge < -0.3 is 14.7 Å². The summed E-state index contributed by atoms with van der Waals surface area (Å²) in [5.74, 6) is -0.919. The van der Waals surface area contributed by atoms with Crippen LogP contribution in [-0.2, 0) is 21.0 Å². The van der Waals surface area contributed by atoms with E-state index in [1.807, 2.05) is 54.3 Å². The monoisotopic (exact) mass is 575 g/mol. The predicted molar refractivity (Wildman–Crippen MR) is 159 cm³/mol. The third-order valence-corrected chi connectivity index (χ3v) is 8.67. The predicted octanol–water partition coefficient (Wildman–Crippen LogP) is 7.39. The van der Waals surface area contributed by atoms with E-state index >= 15 is 0 Å². The summed E-state index contributed by atoms with van der Waals surface area (Å²) in [6.45, 7) is 10.9. The van der Waals surface area contributed by atoms with Crippen molar-refractivity contribution in [3.63, 3.8) is 0 Å². The summed E-state index contributed by atoms with van der Waals surface area (Å²) in [5, 5.41) is 9.96. The second kappa shape index (κ2) is 10.8. The number of halogens is 1. The number of carboxylic acids is 1. The van der Waals surface area contributed by atoms with Gasteiger partial charge in [0.2, 0.25) is 0 Å². The van der Waals surface area contributed by atoms with E-state index in [-0.39, 0.29) is 35.4 Å². The molecule has 1 heterocycles. The zero-order valence-electron chi connectivity index (χ0n) is 24.5. The van der Waals surface area contributed by atoms with Crippen molar-refractivity contribution in [2.24, 2.45) is 10.8 Å². The Morgan fingerprint density at radius 2 is 1.49 bits per heavy atom. The average molecular weight is 576 g/mol. The molecule has 41 heavy (non-hydrogen) atoms. The van der Waals surface area contributed by atoms with Crippen molar-refractivity contribution in [2.45, 2.75) is 79.2 Å². The first-order valence-corrected chi connectivity index (χ1v) is 14.6. The number of aryl methyl sites for hydroxylation is 1. The number of aliphatic carboxylic acids is 1. The Balaban J connectivity index is 1.59. The summed E-state index contributed by atoms with van der Waals surface area (Å²) in [7, 11) is 0. The van der Waals surface area contributed by atoms with Crippen LogP contribution in [0, 0.1) is 17.8 Å². The summed E-state index contributed by atoms with van der Waals surface area (Å²) in [6.07, 6.45) is 1.90. The van der Waals surface area contributed by atoms with Gasteiger partial charge in [-0.05, 0) is 53.9 Å². The number of hydrogen-bond donors (Lipinski definition) is 1. The number of carbonyl (C=O) groups is 3. The van der Waals surface area contributed by atoms with E-state index in [4.69, 9.17) is 16.3 Å². The Morgan fingerprint density at radius 1 is 0.927 bits per heavy atom. The first kappa shape index (κ1) is 29.1. The maximum Gasteiger partial charge on any atom is 0.305 e. The van der Waals surface area contributed by atoms with Crippen LogP contribution in [0.25, 0.3) is 0 Å². The van der Waals surface area contributed by atoms with E-state index in [0.29, 0.717) is 54.2 Å². The molecule has 0 aromatic heterocycles. The van der Waals surface area contributed by atoms with Gasteiger partial charge in [0, 0.05) is 47.8 Å². The van der Waals surface area contributed by atoms with Crippen LogP contribution in [0.5, 0.6) is 5.75 Å². The van der Waals surface area contributed by atoms with Gasteiger partial charge in [-0.25, -0.2) is 0 Å². The van der Waals surface area contributed by atoms with E-state index < -0.39 is 11.9 Å². The zero-order valence-corrected chi connectivity index (χ0v) is 25.2. The minimum Gasteiger partial charge on any atom is -0.487 e. The Kier molecular flexibility index (Phi) is 7.66. The van der Waals surface area contributed by atoms with Crippen LogP contribution in [0.4, 0.5) is 0 Å². The maximum absolute atomic E-state index is 13.9. The molecular weight excluding hydrogens is 538 g/mol. The molecule has 2 aromatic carbocycles. The number of ketones is 2. The number of benzene rings is 2. The third kappa shape index (κ3) is 5.99. The van der Waals surface area contributed by atoms with Crippen molar-refractivity contribution in [3.05, 3.63) is 86.7 Å². The van der Waals surface area contributed by atoms with Gasteiger partial charge in [-0.15, -0.1) is 0 Å². The second-order valence-corrected chi connectivity index (χ2v) is 13.7. The molecule has 6 nitrogen and oxygen atoms in total. The van der Waals surface area contributed by atoms with Gasteiger partial charge in [0.15, 0.2) is 11.6 Å². The van der Waals surface area contributed by atoms with Crippen LogP contribution >= 0.6 is 11.6 Å². The van der Waals surface area contributed by atoms with Crippen molar-refractivity contribution < 1.29 is 24.2 Å². The molecule has 1 N–H and O–H groups in total. The SMILES string of the molecule is Cc1ccc(COc2ccc(C3C4=C(CC(C)(C)CC4=O)N(CCC(=O)O)C4=C3C(=O)CC(C)(C)C4)cc2Cl)cc1. The van der Waals surface area contributed by atoms with Gasteiger partial charge in [-0.1, -0.05) is 75.2 Å². The summed E-state index contributed by atoms with van der Waals surface area (Å²) in [5.41, 5.74) is 5.32. The molecule has 0 unspecified atom stereocenters. The quantitative estimate of drug-likeness (QED) is 0.370. The number of hydrogen-bond acceptors (Lipinski definition) is 5. The normalized spacial score (nSPS) is 20.2. The summed E-state index contributed by atoms with van der Waals surface area (Å²) in [4.78, 5) is 41.4. The number of carbonyl (C=O) groups excluding carboxylic acids is 2. The lowest BCUT2D eigenvalue weighted by Gasteiger charge is -2.49. The van der Waals surface area contributed by atoms with E-state index in [9.17, 15) is 19.5 Å². The van der Waals surface area contributed by atoms with Gasteiger partial charge in [0.25, 0.3) is 0 Å². The molecule has 0 amide bonds.